The third kappa shape index (κ3) is 2.09. The summed E-state index contributed by atoms with van der Waals surface area (Å²) in [5, 5.41) is 0. The maximum Gasteiger partial charge on any atom is 0.310 e. The smallest absolute Gasteiger partial charge is 0.310 e. The molecule has 0 amide bonds. The second-order valence-electron chi connectivity index (χ2n) is 4.37. The highest BCUT2D eigenvalue weighted by atomic mass is 16.5. The van der Waals surface area contributed by atoms with E-state index in [0.717, 1.165) is 13.1 Å². The van der Waals surface area contributed by atoms with Crippen LogP contribution >= 0.6 is 0 Å². The molecule has 1 aliphatic heterocycles. The fourth-order valence-electron chi connectivity index (χ4n) is 2.43. The van der Waals surface area contributed by atoms with Crippen LogP contribution in [-0.4, -0.2) is 38.1 Å². The minimum Gasteiger partial charge on any atom is -0.469 e. The quantitative estimate of drug-likeness (QED) is 0.706. The highest BCUT2D eigenvalue weighted by molar-refractivity contribution is 5.74. The van der Waals surface area contributed by atoms with Gasteiger partial charge in [0.2, 0.25) is 0 Å². The van der Waals surface area contributed by atoms with Crippen molar-refractivity contribution < 1.29 is 9.53 Å². The van der Waals surface area contributed by atoms with Crippen molar-refractivity contribution >= 4 is 5.97 Å². The molecule has 2 atom stereocenters. The third-order valence-electron chi connectivity index (χ3n) is 3.23. The number of nitrogens with zero attached hydrogens (tertiary/aromatic N) is 1. The van der Waals surface area contributed by atoms with Crippen molar-refractivity contribution in [2.75, 3.05) is 27.2 Å². The van der Waals surface area contributed by atoms with Gasteiger partial charge in [0, 0.05) is 19.0 Å². The van der Waals surface area contributed by atoms with Crippen LogP contribution in [0.3, 0.4) is 0 Å². The van der Waals surface area contributed by atoms with E-state index in [2.05, 4.69) is 17.0 Å². The molecule has 3 nitrogen and oxygen atoms in total. The van der Waals surface area contributed by atoms with Gasteiger partial charge in [-0.05, 0) is 12.6 Å². The van der Waals surface area contributed by atoms with Gasteiger partial charge in [-0.1, -0.05) is 30.3 Å². The predicted molar refractivity (Wildman–Crippen MR) is 62.2 cm³/mol. The van der Waals surface area contributed by atoms with E-state index >= 15 is 0 Å². The number of carbonyl (C=O) groups excluding carboxylic acids is 1. The summed E-state index contributed by atoms with van der Waals surface area (Å²) in [6.07, 6.45) is 0. The fourth-order valence-corrected chi connectivity index (χ4v) is 2.43. The monoisotopic (exact) mass is 219 g/mol. The number of hydrogen-bond acceptors (Lipinski definition) is 3. The van der Waals surface area contributed by atoms with Gasteiger partial charge >= 0.3 is 5.97 Å². The third-order valence-corrected chi connectivity index (χ3v) is 3.23. The van der Waals surface area contributed by atoms with Crippen LogP contribution in [0, 0.1) is 5.92 Å². The maximum absolute atomic E-state index is 11.7. The summed E-state index contributed by atoms with van der Waals surface area (Å²) in [4.78, 5) is 13.9. The first-order chi connectivity index (χ1) is 7.72. The average Bonchev–Trinajstić information content (AvgIpc) is 2.71. The molecule has 1 aromatic carbocycles. The Hall–Kier alpha value is -1.35. The largest absolute Gasteiger partial charge is 0.469 e. The van der Waals surface area contributed by atoms with Gasteiger partial charge in [0.05, 0.1) is 13.0 Å². The SMILES string of the molecule is COC(=O)C1CN(C)CC1c1ccccc1. The fraction of sp³-hybridized carbons (Fsp3) is 0.462. The van der Waals surface area contributed by atoms with Gasteiger partial charge < -0.3 is 9.64 Å². The Morgan fingerprint density at radius 3 is 2.62 bits per heavy atom. The standard InChI is InChI=1S/C13H17NO2/c1-14-8-11(10-6-4-3-5-7-10)12(9-14)13(15)16-2/h3-7,11-12H,8-9H2,1-2H3. The van der Waals surface area contributed by atoms with E-state index in [4.69, 9.17) is 4.74 Å². The molecule has 0 N–H and O–H groups in total. The Morgan fingerprint density at radius 1 is 1.31 bits per heavy atom. The minimum atomic E-state index is -0.0989. The second-order valence-corrected chi connectivity index (χ2v) is 4.37. The van der Waals surface area contributed by atoms with Crippen molar-refractivity contribution in [1.82, 2.24) is 4.90 Å². The Balaban J connectivity index is 2.22. The molecule has 1 fully saturated rings. The molecule has 0 aliphatic carbocycles. The number of ether oxygens (including phenoxy) is 1. The molecule has 1 saturated heterocycles. The topological polar surface area (TPSA) is 29.5 Å². The van der Waals surface area contributed by atoms with Crippen molar-refractivity contribution in [2.24, 2.45) is 5.92 Å². The van der Waals surface area contributed by atoms with Crippen LogP contribution in [-0.2, 0) is 9.53 Å². The summed E-state index contributed by atoms with van der Waals surface area (Å²) in [5.74, 6) is 0.134. The molecule has 2 rings (SSSR count). The maximum atomic E-state index is 11.7. The first kappa shape index (κ1) is 11.1. The summed E-state index contributed by atoms with van der Waals surface area (Å²) in [5.41, 5.74) is 1.22. The Labute approximate surface area is 96.0 Å². The van der Waals surface area contributed by atoms with E-state index in [1.807, 2.05) is 25.2 Å². The number of benzene rings is 1. The van der Waals surface area contributed by atoms with E-state index < -0.39 is 0 Å². The van der Waals surface area contributed by atoms with Crippen molar-refractivity contribution in [3.05, 3.63) is 35.9 Å². The summed E-state index contributed by atoms with van der Waals surface area (Å²) >= 11 is 0. The summed E-state index contributed by atoms with van der Waals surface area (Å²) in [6.45, 7) is 1.70. The van der Waals surface area contributed by atoms with Crippen LogP contribution in [0.1, 0.15) is 11.5 Å². The molecule has 3 heteroatoms. The minimum absolute atomic E-state index is 0.0302. The summed E-state index contributed by atoms with van der Waals surface area (Å²) < 4.78 is 4.87. The molecule has 0 aromatic heterocycles. The molecule has 0 bridgehead atoms. The Morgan fingerprint density at radius 2 is 2.00 bits per heavy atom. The molecule has 2 unspecified atom stereocenters. The van der Waals surface area contributed by atoms with Crippen molar-refractivity contribution in [2.45, 2.75) is 5.92 Å². The number of carbonyl (C=O) groups is 1. The van der Waals surface area contributed by atoms with Gasteiger partial charge in [-0.15, -0.1) is 0 Å². The molecule has 0 spiro atoms. The van der Waals surface area contributed by atoms with E-state index in [1.54, 1.807) is 0 Å². The molecular formula is C13H17NO2. The van der Waals surface area contributed by atoms with Crippen LogP contribution < -0.4 is 0 Å². The first-order valence-corrected chi connectivity index (χ1v) is 5.53. The van der Waals surface area contributed by atoms with Crippen LogP contribution in [0.4, 0.5) is 0 Å². The highest BCUT2D eigenvalue weighted by Gasteiger charge is 2.37. The lowest BCUT2D eigenvalue weighted by Crippen LogP contribution is -2.23. The first-order valence-electron chi connectivity index (χ1n) is 5.53. The number of rotatable bonds is 2. The second kappa shape index (κ2) is 4.66. The number of likely N-dealkylation sites (tertiary alicyclic amines) is 1. The lowest BCUT2D eigenvalue weighted by molar-refractivity contribution is -0.145. The van der Waals surface area contributed by atoms with Crippen LogP contribution in [0.5, 0.6) is 0 Å². The average molecular weight is 219 g/mol. The molecule has 1 heterocycles. The van der Waals surface area contributed by atoms with Crippen LogP contribution in [0.2, 0.25) is 0 Å². The van der Waals surface area contributed by atoms with E-state index in [-0.39, 0.29) is 17.8 Å². The van der Waals surface area contributed by atoms with Gasteiger partial charge in [-0.3, -0.25) is 4.79 Å². The Kier molecular flexibility index (Phi) is 3.25. The summed E-state index contributed by atoms with van der Waals surface area (Å²) in [6, 6.07) is 10.2. The van der Waals surface area contributed by atoms with Crippen molar-refractivity contribution in [3.63, 3.8) is 0 Å². The Bertz CT molecular complexity index is 363. The molecule has 1 aromatic rings. The molecule has 0 saturated carbocycles. The lowest BCUT2D eigenvalue weighted by atomic mass is 9.89. The molecule has 86 valence electrons. The molecule has 16 heavy (non-hydrogen) atoms. The zero-order valence-electron chi connectivity index (χ0n) is 9.72. The van der Waals surface area contributed by atoms with Gasteiger partial charge in [-0.25, -0.2) is 0 Å². The van der Waals surface area contributed by atoms with E-state index in [9.17, 15) is 4.79 Å². The van der Waals surface area contributed by atoms with E-state index in [0.29, 0.717) is 0 Å². The van der Waals surface area contributed by atoms with Crippen LogP contribution in [0.15, 0.2) is 30.3 Å². The lowest BCUT2D eigenvalue weighted by Gasteiger charge is -2.16. The number of methoxy groups -OCH3 is 1. The number of hydrogen-bond donors (Lipinski definition) is 0. The predicted octanol–water partition coefficient (Wildman–Crippen LogP) is 1.50. The molecule has 1 aliphatic rings. The van der Waals surface area contributed by atoms with Crippen LogP contribution in [0.25, 0.3) is 0 Å². The zero-order valence-corrected chi connectivity index (χ0v) is 9.72. The van der Waals surface area contributed by atoms with Gasteiger partial charge in [0.25, 0.3) is 0 Å². The molecular weight excluding hydrogens is 202 g/mol. The number of esters is 1. The summed E-state index contributed by atoms with van der Waals surface area (Å²) in [7, 11) is 3.50. The van der Waals surface area contributed by atoms with Gasteiger partial charge in [0.1, 0.15) is 0 Å². The normalized spacial score (nSPS) is 25.6. The number of likely N-dealkylation sites (N-methyl/N-ethyl adjacent to an activating group) is 1. The molecule has 0 radical (unpaired) electrons. The van der Waals surface area contributed by atoms with E-state index in [1.165, 1.54) is 12.7 Å². The highest BCUT2D eigenvalue weighted by Crippen LogP contribution is 2.32. The zero-order chi connectivity index (χ0) is 11.5. The van der Waals surface area contributed by atoms with Gasteiger partial charge in [-0.2, -0.15) is 0 Å². The van der Waals surface area contributed by atoms with Crippen molar-refractivity contribution in [1.29, 1.82) is 0 Å². The van der Waals surface area contributed by atoms with Gasteiger partial charge in [0.15, 0.2) is 0 Å². The van der Waals surface area contributed by atoms with Crippen molar-refractivity contribution in [3.8, 4) is 0 Å².